The molecular formula is C8H13N3O. The van der Waals surface area contributed by atoms with E-state index >= 15 is 0 Å². The van der Waals surface area contributed by atoms with Crippen LogP contribution < -0.4 is 16.8 Å². The van der Waals surface area contributed by atoms with Gasteiger partial charge in [0.1, 0.15) is 0 Å². The first-order valence-electron chi connectivity index (χ1n) is 3.77. The van der Waals surface area contributed by atoms with E-state index in [1.54, 1.807) is 12.1 Å². The smallest absolute Gasteiger partial charge is 0.163 e. The topological polar surface area (TPSA) is 84.3 Å². The molecule has 0 aliphatic rings. The molecule has 1 aromatic rings. The average Bonchev–Trinajstić information content (AvgIpc) is 2.07. The normalized spacial score (nSPS) is 9.75. The zero-order chi connectivity index (χ0) is 9.14. The monoisotopic (exact) mass is 167 g/mol. The summed E-state index contributed by atoms with van der Waals surface area (Å²) in [6, 6.07) is 3.36. The highest BCUT2D eigenvalue weighted by atomic mass is 16.3. The average molecular weight is 167 g/mol. The molecular weight excluding hydrogens is 154 g/mol. The maximum absolute atomic E-state index is 9.32. The number of hydrogen-bond donors (Lipinski definition) is 4. The Morgan fingerprint density at radius 3 is 2.67 bits per heavy atom. The van der Waals surface area contributed by atoms with E-state index in [1.165, 1.54) is 0 Å². The van der Waals surface area contributed by atoms with E-state index in [-0.39, 0.29) is 5.75 Å². The SMILES string of the molecule is CCNc1ccc(N)c(O)c1N. The highest BCUT2D eigenvalue weighted by Crippen LogP contribution is 2.33. The molecule has 6 N–H and O–H groups in total. The summed E-state index contributed by atoms with van der Waals surface area (Å²) in [5.74, 6) is -0.0477. The number of anilines is 3. The van der Waals surface area contributed by atoms with Crippen LogP contribution in [0.1, 0.15) is 6.92 Å². The van der Waals surface area contributed by atoms with Gasteiger partial charge in [-0.05, 0) is 19.1 Å². The van der Waals surface area contributed by atoms with Crippen molar-refractivity contribution in [1.82, 2.24) is 0 Å². The van der Waals surface area contributed by atoms with Gasteiger partial charge in [0.2, 0.25) is 0 Å². The fourth-order valence-corrected chi connectivity index (χ4v) is 0.969. The molecule has 0 saturated carbocycles. The molecule has 66 valence electrons. The molecule has 4 heteroatoms. The number of nitrogens with one attached hydrogen (secondary N) is 1. The van der Waals surface area contributed by atoms with Crippen molar-refractivity contribution in [3.63, 3.8) is 0 Å². The zero-order valence-corrected chi connectivity index (χ0v) is 6.96. The lowest BCUT2D eigenvalue weighted by atomic mass is 10.2. The number of hydrogen-bond acceptors (Lipinski definition) is 4. The second kappa shape index (κ2) is 3.21. The molecule has 0 bridgehead atoms. The predicted molar refractivity (Wildman–Crippen MR) is 51.1 cm³/mol. The molecule has 1 aromatic carbocycles. The van der Waals surface area contributed by atoms with Crippen LogP contribution in [0, 0.1) is 0 Å². The minimum absolute atomic E-state index is 0.0477. The maximum Gasteiger partial charge on any atom is 0.163 e. The third-order valence-electron chi connectivity index (χ3n) is 1.62. The Hall–Kier alpha value is -1.58. The van der Waals surface area contributed by atoms with E-state index in [9.17, 15) is 5.11 Å². The summed E-state index contributed by atoms with van der Waals surface area (Å²) in [4.78, 5) is 0. The summed E-state index contributed by atoms with van der Waals surface area (Å²) >= 11 is 0. The fraction of sp³-hybridized carbons (Fsp3) is 0.250. The van der Waals surface area contributed by atoms with Crippen molar-refractivity contribution in [2.75, 3.05) is 23.3 Å². The van der Waals surface area contributed by atoms with Crippen molar-refractivity contribution in [3.8, 4) is 5.75 Å². The summed E-state index contributed by atoms with van der Waals surface area (Å²) in [7, 11) is 0. The third kappa shape index (κ3) is 1.37. The molecule has 0 amide bonds. The van der Waals surface area contributed by atoms with E-state index < -0.39 is 0 Å². The molecule has 0 aliphatic carbocycles. The molecule has 0 heterocycles. The molecule has 4 nitrogen and oxygen atoms in total. The molecule has 0 atom stereocenters. The van der Waals surface area contributed by atoms with Gasteiger partial charge in [-0.1, -0.05) is 0 Å². The van der Waals surface area contributed by atoms with E-state index in [0.717, 1.165) is 6.54 Å². The number of benzene rings is 1. The highest BCUT2D eigenvalue weighted by molar-refractivity contribution is 5.79. The van der Waals surface area contributed by atoms with Gasteiger partial charge in [-0.15, -0.1) is 0 Å². The number of rotatable bonds is 2. The lowest BCUT2D eigenvalue weighted by molar-refractivity contribution is 0.481. The van der Waals surface area contributed by atoms with E-state index in [1.807, 2.05) is 6.92 Å². The molecule has 0 fully saturated rings. The Morgan fingerprint density at radius 2 is 2.08 bits per heavy atom. The third-order valence-corrected chi connectivity index (χ3v) is 1.62. The van der Waals surface area contributed by atoms with Gasteiger partial charge in [-0.3, -0.25) is 0 Å². The van der Waals surface area contributed by atoms with Gasteiger partial charge in [-0.25, -0.2) is 0 Å². The lowest BCUT2D eigenvalue weighted by Gasteiger charge is -2.09. The summed E-state index contributed by atoms with van der Waals surface area (Å²) < 4.78 is 0. The standard InChI is InChI=1S/C8H13N3O/c1-2-11-6-4-3-5(9)8(12)7(6)10/h3-4,11-12H,2,9-10H2,1H3. The first-order valence-corrected chi connectivity index (χ1v) is 3.77. The van der Waals surface area contributed by atoms with Gasteiger partial charge < -0.3 is 21.9 Å². The molecule has 0 aliphatic heterocycles. The van der Waals surface area contributed by atoms with Crippen LogP contribution in [0.15, 0.2) is 12.1 Å². The van der Waals surface area contributed by atoms with E-state index in [0.29, 0.717) is 17.1 Å². The Kier molecular flexibility index (Phi) is 2.28. The first-order chi connectivity index (χ1) is 5.66. The van der Waals surface area contributed by atoms with Gasteiger partial charge >= 0.3 is 0 Å². The van der Waals surface area contributed by atoms with Crippen molar-refractivity contribution < 1.29 is 5.11 Å². The minimum Gasteiger partial charge on any atom is -0.504 e. The van der Waals surface area contributed by atoms with Gasteiger partial charge in [0.15, 0.2) is 5.75 Å². The number of nitrogen functional groups attached to an aromatic ring is 2. The van der Waals surface area contributed by atoms with Crippen molar-refractivity contribution in [3.05, 3.63) is 12.1 Å². The lowest BCUT2D eigenvalue weighted by Crippen LogP contribution is -2.02. The quantitative estimate of drug-likeness (QED) is 0.391. The van der Waals surface area contributed by atoms with Crippen molar-refractivity contribution in [2.24, 2.45) is 0 Å². The summed E-state index contributed by atoms with van der Waals surface area (Å²) in [6.45, 7) is 2.71. The molecule has 12 heavy (non-hydrogen) atoms. The van der Waals surface area contributed by atoms with Crippen LogP contribution >= 0.6 is 0 Å². The van der Waals surface area contributed by atoms with Crippen molar-refractivity contribution >= 4 is 17.1 Å². The van der Waals surface area contributed by atoms with Crippen LogP contribution in [0.4, 0.5) is 17.1 Å². The Labute approximate surface area is 71.2 Å². The van der Waals surface area contributed by atoms with Crippen LogP contribution in [-0.2, 0) is 0 Å². The van der Waals surface area contributed by atoms with Crippen LogP contribution in [0.25, 0.3) is 0 Å². The molecule has 0 spiro atoms. The number of aromatic hydroxyl groups is 1. The van der Waals surface area contributed by atoms with E-state index in [2.05, 4.69) is 5.32 Å². The highest BCUT2D eigenvalue weighted by Gasteiger charge is 2.05. The van der Waals surface area contributed by atoms with Crippen molar-refractivity contribution in [1.29, 1.82) is 0 Å². The Morgan fingerprint density at radius 1 is 1.42 bits per heavy atom. The van der Waals surface area contributed by atoms with Gasteiger partial charge in [-0.2, -0.15) is 0 Å². The molecule has 0 aromatic heterocycles. The Bertz CT molecular complexity index is 286. The Balaban J connectivity index is 3.08. The molecule has 0 radical (unpaired) electrons. The van der Waals surface area contributed by atoms with Crippen LogP contribution in [-0.4, -0.2) is 11.7 Å². The van der Waals surface area contributed by atoms with Crippen LogP contribution in [0.5, 0.6) is 5.75 Å². The molecule has 0 unspecified atom stereocenters. The summed E-state index contributed by atoms with van der Waals surface area (Å²) in [5.41, 5.74) is 12.3. The van der Waals surface area contributed by atoms with Gasteiger partial charge in [0.05, 0.1) is 17.1 Å². The second-order valence-corrected chi connectivity index (χ2v) is 2.49. The first kappa shape index (κ1) is 8.52. The van der Waals surface area contributed by atoms with E-state index in [4.69, 9.17) is 11.5 Å². The number of phenolic OH excluding ortho intramolecular Hbond substituents is 1. The van der Waals surface area contributed by atoms with Crippen LogP contribution in [0.3, 0.4) is 0 Å². The minimum atomic E-state index is -0.0477. The number of nitrogens with two attached hydrogens (primary N) is 2. The molecule has 0 saturated heterocycles. The van der Waals surface area contributed by atoms with Crippen LogP contribution in [0.2, 0.25) is 0 Å². The van der Waals surface area contributed by atoms with Gasteiger partial charge in [0, 0.05) is 6.54 Å². The largest absolute Gasteiger partial charge is 0.504 e. The van der Waals surface area contributed by atoms with Gasteiger partial charge in [0.25, 0.3) is 0 Å². The summed E-state index contributed by atoms with van der Waals surface area (Å²) in [6.07, 6.45) is 0. The summed E-state index contributed by atoms with van der Waals surface area (Å²) in [5, 5.41) is 12.3. The van der Waals surface area contributed by atoms with Crippen molar-refractivity contribution in [2.45, 2.75) is 6.92 Å². The molecule has 1 rings (SSSR count). The zero-order valence-electron chi connectivity index (χ0n) is 6.96. The number of phenols is 1. The second-order valence-electron chi connectivity index (χ2n) is 2.49. The predicted octanol–water partition coefficient (Wildman–Crippen LogP) is 0.988. The fourth-order valence-electron chi connectivity index (χ4n) is 0.969. The maximum atomic E-state index is 9.32.